The number of oxazole rings is 1. The molecule has 1 heterocycles. The van der Waals surface area contributed by atoms with Crippen LogP contribution in [0.3, 0.4) is 0 Å². The molecule has 0 bridgehead atoms. The van der Waals surface area contributed by atoms with E-state index in [0.717, 1.165) is 5.76 Å². The van der Waals surface area contributed by atoms with Crippen molar-refractivity contribution in [3.05, 3.63) is 17.8 Å². The maximum absolute atomic E-state index is 5.28. The molecule has 0 saturated carbocycles. The standard InChI is InChI=1S/C8H13NO2/c1-6(2)10-5-8-9-4-7(3)11-8/h4,6H,5H2,1-3H3. The van der Waals surface area contributed by atoms with Crippen molar-refractivity contribution in [1.82, 2.24) is 4.98 Å². The Morgan fingerprint density at radius 1 is 1.64 bits per heavy atom. The average molecular weight is 155 g/mol. The van der Waals surface area contributed by atoms with E-state index in [4.69, 9.17) is 9.15 Å². The highest BCUT2D eigenvalue weighted by atomic mass is 16.5. The largest absolute Gasteiger partial charge is 0.443 e. The quantitative estimate of drug-likeness (QED) is 0.668. The highest BCUT2D eigenvalue weighted by molar-refractivity contribution is 4.89. The molecular formula is C8H13NO2. The molecule has 0 aliphatic rings. The van der Waals surface area contributed by atoms with Crippen LogP contribution < -0.4 is 0 Å². The second kappa shape index (κ2) is 3.53. The van der Waals surface area contributed by atoms with Crippen molar-refractivity contribution in [2.75, 3.05) is 0 Å². The molecule has 0 radical (unpaired) electrons. The van der Waals surface area contributed by atoms with Crippen LogP contribution in [0.15, 0.2) is 10.6 Å². The van der Waals surface area contributed by atoms with Crippen LogP contribution in [0.2, 0.25) is 0 Å². The Bertz CT molecular complexity index is 218. The van der Waals surface area contributed by atoms with E-state index >= 15 is 0 Å². The first kappa shape index (κ1) is 8.27. The van der Waals surface area contributed by atoms with Crippen LogP contribution in [0, 0.1) is 6.92 Å². The summed E-state index contributed by atoms with van der Waals surface area (Å²) in [5.41, 5.74) is 0. The molecule has 3 heteroatoms. The molecule has 11 heavy (non-hydrogen) atoms. The summed E-state index contributed by atoms with van der Waals surface area (Å²) in [5.74, 6) is 1.48. The van der Waals surface area contributed by atoms with Crippen LogP contribution in [0.4, 0.5) is 0 Å². The summed E-state index contributed by atoms with van der Waals surface area (Å²) in [4.78, 5) is 4.00. The number of hydrogen-bond donors (Lipinski definition) is 0. The van der Waals surface area contributed by atoms with Gasteiger partial charge in [0.2, 0.25) is 5.89 Å². The topological polar surface area (TPSA) is 35.3 Å². The number of aryl methyl sites for hydroxylation is 1. The zero-order chi connectivity index (χ0) is 8.27. The van der Waals surface area contributed by atoms with Crippen molar-refractivity contribution in [3.8, 4) is 0 Å². The first-order chi connectivity index (χ1) is 5.18. The molecule has 0 spiro atoms. The zero-order valence-corrected chi connectivity index (χ0v) is 7.13. The lowest BCUT2D eigenvalue weighted by Gasteiger charge is -2.02. The second-order valence-corrected chi connectivity index (χ2v) is 2.72. The summed E-state index contributed by atoms with van der Waals surface area (Å²) in [5, 5.41) is 0. The van der Waals surface area contributed by atoms with Gasteiger partial charge in [0.25, 0.3) is 0 Å². The van der Waals surface area contributed by atoms with Crippen molar-refractivity contribution >= 4 is 0 Å². The maximum atomic E-state index is 5.28. The van der Waals surface area contributed by atoms with Crippen LogP contribution in [0.1, 0.15) is 25.5 Å². The molecule has 1 aromatic rings. The molecule has 0 aliphatic carbocycles. The van der Waals surface area contributed by atoms with Gasteiger partial charge in [-0.05, 0) is 20.8 Å². The first-order valence-electron chi connectivity index (χ1n) is 3.71. The Labute approximate surface area is 66.4 Å². The van der Waals surface area contributed by atoms with Gasteiger partial charge in [-0.2, -0.15) is 0 Å². The van der Waals surface area contributed by atoms with Gasteiger partial charge in [0.15, 0.2) is 0 Å². The number of aromatic nitrogens is 1. The molecule has 3 nitrogen and oxygen atoms in total. The predicted octanol–water partition coefficient (Wildman–Crippen LogP) is 1.91. The third-order valence-electron chi connectivity index (χ3n) is 1.21. The monoisotopic (exact) mass is 155 g/mol. The summed E-state index contributed by atoms with van der Waals surface area (Å²) in [7, 11) is 0. The van der Waals surface area contributed by atoms with E-state index in [0.29, 0.717) is 12.5 Å². The summed E-state index contributed by atoms with van der Waals surface area (Å²) in [6.45, 7) is 6.29. The fourth-order valence-corrected chi connectivity index (χ4v) is 0.706. The number of rotatable bonds is 3. The van der Waals surface area contributed by atoms with Gasteiger partial charge in [0.1, 0.15) is 12.4 Å². The summed E-state index contributed by atoms with van der Waals surface area (Å²) in [6, 6.07) is 0. The summed E-state index contributed by atoms with van der Waals surface area (Å²) >= 11 is 0. The fourth-order valence-electron chi connectivity index (χ4n) is 0.706. The van der Waals surface area contributed by atoms with Crippen LogP contribution in [-0.2, 0) is 11.3 Å². The van der Waals surface area contributed by atoms with Crippen LogP contribution in [-0.4, -0.2) is 11.1 Å². The number of ether oxygens (including phenoxy) is 1. The van der Waals surface area contributed by atoms with E-state index in [1.54, 1.807) is 6.20 Å². The van der Waals surface area contributed by atoms with E-state index in [2.05, 4.69) is 4.98 Å². The molecule has 1 rings (SSSR count). The first-order valence-corrected chi connectivity index (χ1v) is 3.71. The van der Waals surface area contributed by atoms with Crippen LogP contribution in [0.25, 0.3) is 0 Å². The Kier molecular flexibility index (Phi) is 2.65. The van der Waals surface area contributed by atoms with Crippen molar-refractivity contribution in [2.24, 2.45) is 0 Å². The van der Waals surface area contributed by atoms with Gasteiger partial charge in [-0.3, -0.25) is 0 Å². The molecule has 1 aromatic heterocycles. The fraction of sp³-hybridized carbons (Fsp3) is 0.625. The van der Waals surface area contributed by atoms with E-state index in [9.17, 15) is 0 Å². The number of hydrogen-bond acceptors (Lipinski definition) is 3. The average Bonchev–Trinajstić information content (AvgIpc) is 2.31. The molecule has 0 N–H and O–H groups in total. The van der Waals surface area contributed by atoms with Crippen LogP contribution >= 0.6 is 0 Å². The minimum absolute atomic E-state index is 0.224. The lowest BCUT2D eigenvalue weighted by Crippen LogP contribution is -2.02. The van der Waals surface area contributed by atoms with Crippen molar-refractivity contribution in [1.29, 1.82) is 0 Å². The van der Waals surface area contributed by atoms with Crippen molar-refractivity contribution in [2.45, 2.75) is 33.5 Å². The second-order valence-electron chi connectivity index (χ2n) is 2.72. The van der Waals surface area contributed by atoms with Gasteiger partial charge in [-0.25, -0.2) is 4.98 Å². The summed E-state index contributed by atoms with van der Waals surface area (Å²) in [6.07, 6.45) is 1.92. The van der Waals surface area contributed by atoms with Crippen molar-refractivity contribution < 1.29 is 9.15 Å². The predicted molar refractivity (Wildman–Crippen MR) is 41.2 cm³/mol. The highest BCUT2D eigenvalue weighted by Crippen LogP contribution is 2.03. The van der Waals surface area contributed by atoms with Crippen molar-refractivity contribution in [3.63, 3.8) is 0 Å². The number of nitrogens with zero attached hydrogens (tertiary/aromatic N) is 1. The minimum atomic E-state index is 0.224. The maximum Gasteiger partial charge on any atom is 0.220 e. The van der Waals surface area contributed by atoms with Gasteiger partial charge >= 0.3 is 0 Å². The van der Waals surface area contributed by atoms with E-state index < -0.39 is 0 Å². The highest BCUT2D eigenvalue weighted by Gasteiger charge is 2.00. The molecule has 0 amide bonds. The Balaban J connectivity index is 2.39. The lowest BCUT2D eigenvalue weighted by atomic mass is 10.5. The minimum Gasteiger partial charge on any atom is -0.443 e. The Hall–Kier alpha value is -0.830. The molecule has 0 aromatic carbocycles. The molecule has 0 saturated heterocycles. The van der Waals surface area contributed by atoms with Gasteiger partial charge in [0.05, 0.1) is 12.3 Å². The molecule has 0 aliphatic heterocycles. The van der Waals surface area contributed by atoms with Gasteiger partial charge in [-0.15, -0.1) is 0 Å². The van der Waals surface area contributed by atoms with Crippen LogP contribution in [0.5, 0.6) is 0 Å². The molecular weight excluding hydrogens is 142 g/mol. The zero-order valence-electron chi connectivity index (χ0n) is 7.13. The van der Waals surface area contributed by atoms with Gasteiger partial charge in [-0.1, -0.05) is 0 Å². The Morgan fingerprint density at radius 3 is 2.82 bits per heavy atom. The normalized spacial score (nSPS) is 10.9. The molecule has 0 fully saturated rings. The Morgan fingerprint density at radius 2 is 2.36 bits per heavy atom. The lowest BCUT2D eigenvalue weighted by molar-refractivity contribution is 0.0513. The molecule has 62 valence electrons. The third kappa shape index (κ3) is 2.72. The molecule has 0 atom stereocenters. The molecule has 0 unspecified atom stereocenters. The van der Waals surface area contributed by atoms with Gasteiger partial charge < -0.3 is 9.15 Å². The van der Waals surface area contributed by atoms with Gasteiger partial charge in [0, 0.05) is 0 Å². The van der Waals surface area contributed by atoms with E-state index in [-0.39, 0.29) is 6.10 Å². The third-order valence-corrected chi connectivity index (χ3v) is 1.21. The van der Waals surface area contributed by atoms with E-state index in [1.165, 1.54) is 0 Å². The SMILES string of the molecule is Cc1cnc(COC(C)C)o1. The summed E-state index contributed by atoms with van der Waals surface area (Å²) < 4.78 is 10.5. The smallest absolute Gasteiger partial charge is 0.220 e. The van der Waals surface area contributed by atoms with E-state index in [1.807, 2.05) is 20.8 Å².